The summed E-state index contributed by atoms with van der Waals surface area (Å²) in [4.78, 5) is 35.3. The van der Waals surface area contributed by atoms with E-state index in [0.717, 1.165) is 18.2 Å². The van der Waals surface area contributed by atoms with Crippen LogP contribution in [0, 0.1) is 0 Å². The molecule has 0 fully saturated rings. The van der Waals surface area contributed by atoms with E-state index in [0.29, 0.717) is 5.75 Å². The first kappa shape index (κ1) is 22.7. The van der Waals surface area contributed by atoms with Crippen LogP contribution in [0.2, 0.25) is 0 Å². The number of methoxy groups -OCH3 is 1. The smallest absolute Gasteiger partial charge is 0.416 e. The van der Waals surface area contributed by atoms with Crippen molar-refractivity contribution < 1.29 is 37.0 Å². The van der Waals surface area contributed by atoms with Gasteiger partial charge in [-0.3, -0.25) is 25.2 Å². The third kappa shape index (κ3) is 7.09. The standard InChI is InChI=1S/C19H18F3N3O5/c1-29-15-7-5-12(6-8-15)18(28)25-24-17(27)11-30-10-16(26)23-14-4-2-3-13(9-14)19(20,21)22/h2-9H,10-11H2,1H3,(H,23,26)(H,24,27)(H,25,28). The molecule has 0 unspecified atom stereocenters. The molecule has 0 bridgehead atoms. The molecule has 0 aliphatic carbocycles. The van der Waals surface area contributed by atoms with Crippen molar-refractivity contribution in [3.05, 3.63) is 59.7 Å². The Hall–Kier alpha value is -3.60. The number of benzene rings is 2. The summed E-state index contributed by atoms with van der Waals surface area (Å²) in [5.74, 6) is -1.49. The molecular formula is C19H18F3N3O5. The Bertz CT molecular complexity index is 901. The summed E-state index contributed by atoms with van der Waals surface area (Å²) in [6.45, 7) is -1.13. The molecule has 0 saturated carbocycles. The van der Waals surface area contributed by atoms with Gasteiger partial charge in [-0.05, 0) is 42.5 Å². The molecule has 2 aromatic carbocycles. The molecule has 11 heteroatoms. The molecule has 2 rings (SSSR count). The SMILES string of the molecule is COc1ccc(C(=O)NNC(=O)COCC(=O)Nc2cccc(C(F)(F)F)c2)cc1. The van der Waals surface area contributed by atoms with Crippen LogP contribution in [0.5, 0.6) is 5.75 Å². The fraction of sp³-hybridized carbons (Fsp3) is 0.211. The van der Waals surface area contributed by atoms with Gasteiger partial charge in [-0.15, -0.1) is 0 Å². The largest absolute Gasteiger partial charge is 0.497 e. The Labute approximate surface area is 169 Å². The summed E-state index contributed by atoms with van der Waals surface area (Å²) < 4.78 is 47.8. The number of amides is 3. The molecule has 0 spiro atoms. The Morgan fingerprint density at radius 2 is 1.60 bits per heavy atom. The van der Waals surface area contributed by atoms with Crippen LogP contribution in [0.4, 0.5) is 18.9 Å². The zero-order valence-corrected chi connectivity index (χ0v) is 15.7. The van der Waals surface area contributed by atoms with Crippen LogP contribution < -0.4 is 20.9 Å². The molecule has 3 amide bonds. The van der Waals surface area contributed by atoms with Crippen molar-refractivity contribution in [1.29, 1.82) is 0 Å². The van der Waals surface area contributed by atoms with E-state index >= 15 is 0 Å². The lowest BCUT2D eigenvalue weighted by molar-refractivity contribution is -0.137. The maximum absolute atomic E-state index is 12.7. The quantitative estimate of drug-likeness (QED) is 0.590. The molecule has 3 N–H and O–H groups in total. The van der Waals surface area contributed by atoms with Gasteiger partial charge in [0.25, 0.3) is 11.8 Å². The van der Waals surface area contributed by atoms with E-state index in [9.17, 15) is 27.6 Å². The van der Waals surface area contributed by atoms with Crippen molar-refractivity contribution in [2.45, 2.75) is 6.18 Å². The van der Waals surface area contributed by atoms with Gasteiger partial charge in [-0.25, -0.2) is 0 Å². The lowest BCUT2D eigenvalue weighted by Crippen LogP contribution is -2.43. The fourth-order valence-electron chi connectivity index (χ4n) is 2.18. The Balaban J connectivity index is 1.71. The second kappa shape index (κ2) is 10.3. The Morgan fingerprint density at radius 3 is 2.23 bits per heavy atom. The van der Waals surface area contributed by atoms with Gasteiger partial charge in [0, 0.05) is 11.3 Å². The lowest BCUT2D eigenvalue weighted by Gasteiger charge is -2.10. The Morgan fingerprint density at radius 1 is 0.933 bits per heavy atom. The van der Waals surface area contributed by atoms with Crippen LogP contribution >= 0.6 is 0 Å². The highest BCUT2D eigenvalue weighted by atomic mass is 19.4. The minimum atomic E-state index is -4.54. The van der Waals surface area contributed by atoms with E-state index in [1.54, 1.807) is 12.1 Å². The summed E-state index contributed by atoms with van der Waals surface area (Å²) in [6.07, 6.45) is -4.54. The third-order valence-electron chi connectivity index (χ3n) is 3.61. The summed E-state index contributed by atoms with van der Waals surface area (Å²) in [5.41, 5.74) is 3.58. The number of hydrazine groups is 1. The van der Waals surface area contributed by atoms with Gasteiger partial charge in [-0.2, -0.15) is 13.2 Å². The highest BCUT2D eigenvalue weighted by molar-refractivity contribution is 5.95. The third-order valence-corrected chi connectivity index (χ3v) is 3.61. The number of nitrogens with one attached hydrogen (secondary N) is 3. The molecule has 0 saturated heterocycles. The number of carbonyl (C=O) groups excluding carboxylic acids is 3. The molecule has 0 atom stereocenters. The normalized spacial score (nSPS) is 10.8. The fourth-order valence-corrected chi connectivity index (χ4v) is 2.18. The van der Waals surface area contributed by atoms with Crippen molar-refractivity contribution in [3.8, 4) is 5.75 Å². The van der Waals surface area contributed by atoms with Gasteiger partial charge in [0.05, 0.1) is 12.7 Å². The first-order chi connectivity index (χ1) is 14.2. The zero-order chi connectivity index (χ0) is 22.1. The number of rotatable bonds is 7. The van der Waals surface area contributed by atoms with Crippen molar-refractivity contribution >= 4 is 23.4 Å². The first-order valence-corrected chi connectivity index (χ1v) is 8.47. The number of ether oxygens (including phenoxy) is 2. The molecule has 2 aromatic rings. The maximum Gasteiger partial charge on any atom is 0.416 e. The van der Waals surface area contributed by atoms with Gasteiger partial charge in [0.2, 0.25) is 5.91 Å². The average Bonchev–Trinajstić information content (AvgIpc) is 2.71. The number of hydrogen-bond donors (Lipinski definition) is 3. The van der Waals surface area contributed by atoms with Crippen LogP contribution in [0.1, 0.15) is 15.9 Å². The van der Waals surface area contributed by atoms with E-state index in [1.165, 1.54) is 25.3 Å². The van der Waals surface area contributed by atoms with Gasteiger partial charge in [0.1, 0.15) is 19.0 Å². The van der Waals surface area contributed by atoms with Gasteiger partial charge in [-0.1, -0.05) is 6.07 Å². The number of halogens is 3. The summed E-state index contributed by atoms with van der Waals surface area (Å²) in [6, 6.07) is 10.2. The molecular weight excluding hydrogens is 407 g/mol. The molecule has 0 aromatic heterocycles. The predicted octanol–water partition coefficient (Wildman–Crippen LogP) is 2.13. The van der Waals surface area contributed by atoms with Crippen LogP contribution in [-0.4, -0.2) is 38.0 Å². The molecule has 8 nitrogen and oxygen atoms in total. The molecule has 0 radical (unpaired) electrons. The van der Waals surface area contributed by atoms with Crippen LogP contribution in [0.3, 0.4) is 0 Å². The molecule has 0 heterocycles. The minimum Gasteiger partial charge on any atom is -0.497 e. The molecule has 30 heavy (non-hydrogen) atoms. The second-order valence-corrected chi connectivity index (χ2v) is 5.85. The second-order valence-electron chi connectivity index (χ2n) is 5.85. The van der Waals surface area contributed by atoms with Crippen LogP contribution in [0.25, 0.3) is 0 Å². The average molecular weight is 425 g/mol. The predicted molar refractivity (Wildman–Crippen MR) is 99.5 cm³/mol. The molecule has 0 aliphatic rings. The van der Waals surface area contributed by atoms with Crippen molar-refractivity contribution in [2.24, 2.45) is 0 Å². The number of hydrogen-bond acceptors (Lipinski definition) is 5. The number of anilines is 1. The van der Waals surface area contributed by atoms with Gasteiger partial charge in [0.15, 0.2) is 0 Å². The van der Waals surface area contributed by atoms with E-state index in [2.05, 4.69) is 16.2 Å². The van der Waals surface area contributed by atoms with E-state index < -0.39 is 42.7 Å². The first-order valence-electron chi connectivity index (χ1n) is 8.47. The van der Waals surface area contributed by atoms with Gasteiger partial charge < -0.3 is 14.8 Å². The highest BCUT2D eigenvalue weighted by Crippen LogP contribution is 2.30. The number of carbonyl (C=O) groups is 3. The van der Waals surface area contributed by atoms with Crippen molar-refractivity contribution in [2.75, 3.05) is 25.6 Å². The summed E-state index contributed by atoms with van der Waals surface area (Å²) in [7, 11) is 1.48. The molecule has 160 valence electrons. The Kier molecular flexibility index (Phi) is 7.76. The topological polar surface area (TPSA) is 106 Å². The van der Waals surface area contributed by atoms with Crippen LogP contribution in [0.15, 0.2) is 48.5 Å². The van der Waals surface area contributed by atoms with Crippen LogP contribution in [-0.2, 0) is 20.5 Å². The van der Waals surface area contributed by atoms with E-state index in [4.69, 9.17) is 9.47 Å². The minimum absolute atomic E-state index is 0.0605. The number of alkyl halides is 3. The highest BCUT2D eigenvalue weighted by Gasteiger charge is 2.30. The maximum atomic E-state index is 12.7. The zero-order valence-electron chi connectivity index (χ0n) is 15.7. The summed E-state index contributed by atoms with van der Waals surface area (Å²) in [5, 5.41) is 2.23. The van der Waals surface area contributed by atoms with Gasteiger partial charge >= 0.3 is 6.18 Å². The molecule has 0 aliphatic heterocycles. The van der Waals surface area contributed by atoms with E-state index in [1.807, 2.05) is 0 Å². The summed E-state index contributed by atoms with van der Waals surface area (Å²) >= 11 is 0. The monoisotopic (exact) mass is 425 g/mol. The lowest BCUT2D eigenvalue weighted by atomic mass is 10.2. The van der Waals surface area contributed by atoms with Crippen molar-refractivity contribution in [1.82, 2.24) is 10.9 Å². The van der Waals surface area contributed by atoms with Crippen molar-refractivity contribution in [3.63, 3.8) is 0 Å². The van der Waals surface area contributed by atoms with E-state index in [-0.39, 0.29) is 11.3 Å².